The van der Waals surface area contributed by atoms with Gasteiger partial charge in [0.15, 0.2) is 28.8 Å². The molecule has 0 N–H and O–H groups in total. The van der Waals surface area contributed by atoms with Crippen LogP contribution >= 0.6 is 0 Å². The summed E-state index contributed by atoms with van der Waals surface area (Å²) in [5.41, 5.74) is 1.23. The van der Waals surface area contributed by atoms with Gasteiger partial charge < -0.3 is 14.2 Å². The lowest BCUT2D eigenvalue weighted by Crippen LogP contribution is -2.29. The second-order valence-electron chi connectivity index (χ2n) is 5.98. The second kappa shape index (κ2) is 8.44. The quantitative estimate of drug-likeness (QED) is 0.632. The van der Waals surface area contributed by atoms with Crippen molar-refractivity contribution in [2.24, 2.45) is 0 Å². The van der Waals surface area contributed by atoms with Crippen LogP contribution in [0.4, 0.5) is 8.78 Å². The number of halogens is 2. The fourth-order valence-corrected chi connectivity index (χ4v) is 2.48. The number of amides is 1. The first-order chi connectivity index (χ1) is 13.0. The zero-order valence-electron chi connectivity index (χ0n) is 14.7. The summed E-state index contributed by atoms with van der Waals surface area (Å²) in [7, 11) is 1.67. The number of carbonyl (C=O) groups excluding carboxylic acids is 1. The van der Waals surface area contributed by atoms with Crippen molar-refractivity contribution in [3.8, 4) is 5.75 Å². The van der Waals surface area contributed by atoms with E-state index in [1.165, 1.54) is 17.0 Å². The van der Waals surface area contributed by atoms with Crippen LogP contribution in [0, 0.1) is 11.6 Å². The van der Waals surface area contributed by atoms with Crippen LogP contribution in [0.3, 0.4) is 0 Å². The van der Waals surface area contributed by atoms with Crippen LogP contribution < -0.4 is 4.74 Å². The van der Waals surface area contributed by atoms with Crippen molar-refractivity contribution in [3.05, 3.63) is 83.2 Å². The van der Waals surface area contributed by atoms with Gasteiger partial charge in [-0.05, 0) is 24.1 Å². The Labute approximate surface area is 155 Å². The Balaban J connectivity index is 1.57. The van der Waals surface area contributed by atoms with Crippen LogP contribution in [0.25, 0.3) is 0 Å². The van der Waals surface area contributed by atoms with E-state index in [9.17, 15) is 13.6 Å². The minimum absolute atomic E-state index is 0.109. The molecular weight excluding hydrogens is 354 g/mol. The zero-order valence-corrected chi connectivity index (χ0v) is 14.7. The first-order valence-corrected chi connectivity index (χ1v) is 8.36. The van der Waals surface area contributed by atoms with Crippen LogP contribution in [-0.4, -0.2) is 29.6 Å². The molecule has 0 unspecified atom stereocenters. The molecule has 5 nitrogen and oxygen atoms in total. The van der Waals surface area contributed by atoms with Gasteiger partial charge in [0, 0.05) is 19.7 Å². The second-order valence-corrected chi connectivity index (χ2v) is 5.98. The van der Waals surface area contributed by atoms with Gasteiger partial charge >= 0.3 is 0 Å². The van der Waals surface area contributed by atoms with Crippen LogP contribution in [0.2, 0.25) is 0 Å². The van der Waals surface area contributed by atoms with Gasteiger partial charge in [0.25, 0.3) is 5.91 Å². The Morgan fingerprint density at radius 1 is 1.11 bits per heavy atom. The smallest absolute Gasteiger partial charge is 0.275 e. The third-order valence-electron chi connectivity index (χ3n) is 3.98. The van der Waals surface area contributed by atoms with E-state index in [-0.39, 0.29) is 24.0 Å². The molecule has 3 rings (SSSR count). The maximum Gasteiger partial charge on any atom is 0.275 e. The van der Waals surface area contributed by atoms with E-state index >= 15 is 0 Å². The molecule has 0 saturated heterocycles. The average Bonchev–Trinajstić information content (AvgIpc) is 3.15. The Morgan fingerprint density at radius 2 is 1.81 bits per heavy atom. The number of hydrogen-bond acceptors (Lipinski definition) is 4. The molecule has 27 heavy (non-hydrogen) atoms. The van der Waals surface area contributed by atoms with E-state index in [2.05, 4.69) is 5.16 Å². The van der Waals surface area contributed by atoms with Crippen LogP contribution in [0.1, 0.15) is 21.8 Å². The molecule has 7 heteroatoms. The molecule has 140 valence electrons. The monoisotopic (exact) mass is 372 g/mol. The van der Waals surface area contributed by atoms with Crippen molar-refractivity contribution in [3.63, 3.8) is 0 Å². The van der Waals surface area contributed by atoms with Gasteiger partial charge in [-0.2, -0.15) is 0 Å². The lowest BCUT2D eigenvalue weighted by Gasteiger charge is -2.15. The van der Waals surface area contributed by atoms with Crippen molar-refractivity contribution < 1.29 is 22.8 Å². The van der Waals surface area contributed by atoms with Crippen molar-refractivity contribution in [1.29, 1.82) is 0 Å². The number of nitrogens with zero attached hydrogens (tertiary/aromatic N) is 2. The van der Waals surface area contributed by atoms with Crippen LogP contribution in [-0.2, 0) is 13.0 Å². The summed E-state index contributed by atoms with van der Waals surface area (Å²) >= 11 is 0. The fraction of sp³-hybridized carbons (Fsp3) is 0.200. The molecule has 0 spiro atoms. The highest BCUT2D eigenvalue weighted by Gasteiger charge is 2.18. The summed E-state index contributed by atoms with van der Waals surface area (Å²) in [5, 5.41) is 3.72. The highest BCUT2D eigenvalue weighted by molar-refractivity contribution is 5.92. The lowest BCUT2D eigenvalue weighted by molar-refractivity contribution is 0.0786. The van der Waals surface area contributed by atoms with E-state index in [4.69, 9.17) is 9.26 Å². The Bertz CT molecular complexity index is 892. The number of aromatic nitrogens is 1. The molecule has 0 atom stereocenters. The topological polar surface area (TPSA) is 55.6 Å². The maximum atomic E-state index is 13.5. The largest absolute Gasteiger partial charge is 0.479 e. The van der Waals surface area contributed by atoms with Gasteiger partial charge in [0.2, 0.25) is 0 Å². The number of carbonyl (C=O) groups is 1. The Morgan fingerprint density at radius 3 is 2.52 bits per heavy atom. The minimum Gasteiger partial charge on any atom is -0.479 e. The number of ether oxygens (including phenoxy) is 1. The first kappa shape index (κ1) is 18.6. The van der Waals surface area contributed by atoms with E-state index in [0.29, 0.717) is 13.0 Å². The van der Waals surface area contributed by atoms with Gasteiger partial charge in [0.1, 0.15) is 6.61 Å². The maximum absolute atomic E-state index is 13.5. The zero-order chi connectivity index (χ0) is 19.2. The molecule has 0 fully saturated rings. The molecule has 2 aromatic carbocycles. The normalized spacial score (nSPS) is 10.6. The van der Waals surface area contributed by atoms with E-state index in [1.54, 1.807) is 7.05 Å². The fourth-order valence-electron chi connectivity index (χ4n) is 2.48. The predicted molar refractivity (Wildman–Crippen MR) is 94.3 cm³/mol. The molecule has 1 amide bonds. The molecule has 0 aliphatic heterocycles. The summed E-state index contributed by atoms with van der Waals surface area (Å²) < 4.78 is 37.2. The molecule has 3 aromatic rings. The van der Waals surface area contributed by atoms with E-state index in [0.717, 1.165) is 17.7 Å². The number of hydrogen-bond donors (Lipinski definition) is 0. The molecule has 0 radical (unpaired) electrons. The number of likely N-dealkylation sites (N-methyl/N-ethyl adjacent to an activating group) is 1. The molecule has 1 aromatic heterocycles. The summed E-state index contributed by atoms with van der Waals surface area (Å²) in [4.78, 5) is 13.9. The third kappa shape index (κ3) is 4.69. The number of rotatable bonds is 7. The number of para-hydroxylation sites is 1. The highest BCUT2D eigenvalue weighted by Crippen LogP contribution is 2.22. The standard InChI is InChI=1S/C20H18F2N2O3/c1-24(11-10-14-6-3-2-4-7-14)20(25)18-12-15(27-23-18)13-26-19-16(21)8-5-9-17(19)22/h2-9,12H,10-11,13H2,1H3. The van der Waals surface area contributed by atoms with Gasteiger partial charge in [0.05, 0.1) is 0 Å². The molecule has 0 aliphatic carbocycles. The van der Waals surface area contributed by atoms with E-state index in [1.807, 2.05) is 30.3 Å². The highest BCUT2D eigenvalue weighted by atomic mass is 19.1. The summed E-state index contributed by atoms with van der Waals surface area (Å²) in [6, 6.07) is 14.6. The SMILES string of the molecule is CN(CCc1ccccc1)C(=O)c1cc(COc2c(F)cccc2F)on1. The Hall–Kier alpha value is -3.22. The lowest BCUT2D eigenvalue weighted by atomic mass is 10.1. The summed E-state index contributed by atoms with van der Waals surface area (Å²) in [5.74, 6) is -2.24. The molecule has 0 saturated carbocycles. The number of benzene rings is 2. The molecule has 0 aliphatic rings. The van der Waals surface area contributed by atoms with E-state index < -0.39 is 17.4 Å². The molecule has 0 bridgehead atoms. The van der Waals surface area contributed by atoms with Gasteiger partial charge in [-0.1, -0.05) is 41.6 Å². The summed E-state index contributed by atoms with van der Waals surface area (Å²) in [6.07, 6.45) is 0.712. The van der Waals surface area contributed by atoms with Gasteiger partial charge in [-0.25, -0.2) is 8.78 Å². The third-order valence-corrected chi connectivity index (χ3v) is 3.98. The first-order valence-electron chi connectivity index (χ1n) is 8.36. The van der Waals surface area contributed by atoms with Crippen LogP contribution in [0.15, 0.2) is 59.1 Å². The van der Waals surface area contributed by atoms with Crippen molar-refractivity contribution in [2.75, 3.05) is 13.6 Å². The van der Waals surface area contributed by atoms with Crippen molar-refractivity contribution >= 4 is 5.91 Å². The molecular formula is C20H18F2N2O3. The van der Waals surface area contributed by atoms with Gasteiger partial charge in [-0.3, -0.25) is 4.79 Å². The van der Waals surface area contributed by atoms with Crippen molar-refractivity contribution in [1.82, 2.24) is 10.1 Å². The Kier molecular flexibility index (Phi) is 5.80. The predicted octanol–water partition coefficient (Wildman–Crippen LogP) is 3.85. The van der Waals surface area contributed by atoms with Crippen LogP contribution in [0.5, 0.6) is 5.75 Å². The summed E-state index contributed by atoms with van der Waals surface area (Å²) in [6.45, 7) is 0.272. The average molecular weight is 372 g/mol. The minimum atomic E-state index is -0.813. The van der Waals surface area contributed by atoms with Crippen molar-refractivity contribution in [2.45, 2.75) is 13.0 Å². The van der Waals surface area contributed by atoms with Gasteiger partial charge in [-0.15, -0.1) is 0 Å². The molecule has 1 heterocycles.